The van der Waals surface area contributed by atoms with Crippen LogP contribution in [0.15, 0.2) is 24.7 Å². The van der Waals surface area contributed by atoms with Crippen LogP contribution in [-0.2, 0) is 13.6 Å². The molecular formula is C12H15N5O3. The lowest BCUT2D eigenvalue weighted by molar-refractivity contribution is 0.0691. The highest BCUT2D eigenvalue weighted by Crippen LogP contribution is 2.06. The molecule has 1 amide bonds. The van der Waals surface area contributed by atoms with Crippen molar-refractivity contribution in [1.29, 1.82) is 0 Å². The van der Waals surface area contributed by atoms with Gasteiger partial charge in [0.25, 0.3) is 5.91 Å². The van der Waals surface area contributed by atoms with Crippen molar-refractivity contribution < 1.29 is 14.7 Å². The Morgan fingerprint density at radius 2 is 2.25 bits per heavy atom. The fraction of sp³-hybridized carbons (Fsp3) is 0.333. The Labute approximate surface area is 115 Å². The van der Waals surface area contributed by atoms with Gasteiger partial charge >= 0.3 is 5.97 Å². The van der Waals surface area contributed by atoms with Gasteiger partial charge in [-0.2, -0.15) is 10.2 Å². The van der Waals surface area contributed by atoms with Gasteiger partial charge < -0.3 is 10.4 Å². The van der Waals surface area contributed by atoms with Crippen LogP contribution < -0.4 is 5.32 Å². The first kappa shape index (κ1) is 13.8. The highest BCUT2D eigenvalue weighted by atomic mass is 16.4. The van der Waals surface area contributed by atoms with Gasteiger partial charge in [0.15, 0.2) is 5.69 Å². The molecular weight excluding hydrogens is 262 g/mol. The zero-order valence-electron chi connectivity index (χ0n) is 11.0. The van der Waals surface area contributed by atoms with E-state index in [0.717, 1.165) is 0 Å². The molecule has 0 aliphatic carbocycles. The van der Waals surface area contributed by atoms with Crippen LogP contribution in [0.4, 0.5) is 0 Å². The number of carbonyl (C=O) groups excluding carboxylic acids is 1. The Bertz CT molecular complexity index is 603. The van der Waals surface area contributed by atoms with Crippen LogP contribution in [0.2, 0.25) is 0 Å². The minimum Gasteiger partial charge on any atom is -0.478 e. The zero-order chi connectivity index (χ0) is 14.5. The minimum atomic E-state index is -1.17. The largest absolute Gasteiger partial charge is 0.478 e. The van der Waals surface area contributed by atoms with Crippen molar-refractivity contribution in [2.24, 2.45) is 7.05 Å². The van der Waals surface area contributed by atoms with Crippen LogP contribution in [-0.4, -0.2) is 43.1 Å². The van der Waals surface area contributed by atoms with Gasteiger partial charge in [-0.3, -0.25) is 14.2 Å². The smallest absolute Gasteiger partial charge is 0.339 e. The summed E-state index contributed by atoms with van der Waals surface area (Å²) in [6.07, 6.45) is 5.53. The zero-order valence-corrected chi connectivity index (χ0v) is 11.0. The highest BCUT2D eigenvalue weighted by molar-refractivity contribution is 6.03. The number of nitrogens with zero attached hydrogens (tertiary/aromatic N) is 4. The number of aryl methyl sites for hydroxylation is 2. The number of aromatic carboxylic acids is 1. The van der Waals surface area contributed by atoms with Crippen molar-refractivity contribution in [3.8, 4) is 0 Å². The lowest BCUT2D eigenvalue weighted by Gasteiger charge is -2.04. The first-order chi connectivity index (χ1) is 9.58. The molecule has 2 aromatic heterocycles. The first-order valence-corrected chi connectivity index (χ1v) is 6.10. The molecule has 0 saturated heterocycles. The molecule has 2 aromatic rings. The third-order valence-electron chi connectivity index (χ3n) is 2.68. The lowest BCUT2D eigenvalue weighted by atomic mass is 10.2. The van der Waals surface area contributed by atoms with Gasteiger partial charge in [0.1, 0.15) is 5.56 Å². The van der Waals surface area contributed by atoms with E-state index < -0.39 is 11.9 Å². The second kappa shape index (κ2) is 6.00. The summed E-state index contributed by atoms with van der Waals surface area (Å²) in [5.41, 5.74) is -0.170. The molecule has 8 nitrogen and oxygen atoms in total. The van der Waals surface area contributed by atoms with Gasteiger partial charge in [-0.1, -0.05) is 0 Å². The third kappa shape index (κ3) is 3.22. The molecule has 2 rings (SSSR count). The maximum atomic E-state index is 11.9. The number of aromatic nitrogens is 4. The van der Waals surface area contributed by atoms with E-state index in [1.165, 1.54) is 10.9 Å². The van der Waals surface area contributed by atoms with Crippen molar-refractivity contribution in [2.45, 2.75) is 13.0 Å². The number of nitrogens with one attached hydrogen (secondary N) is 1. The van der Waals surface area contributed by atoms with E-state index in [2.05, 4.69) is 15.5 Å². The molecule has 0 fully saturated rings. The Morgan fingerprint density at radius 3 is 2.90 bits per heavy atom. The van der Waals surface area contributed by atoms with Gasteiger partial charge in [0, 0.05) is 38.7 Å². The van der Waals surface area contributed by atoms with Crippen LogP contribution in [0.3, 0.4) is 0 Å². The van der Waals surface area contributed by atoms with Crippen molar-refractivity contribution >= 4 is 11.9 Å². The molecule has 0 unspecified atom stereocenters. The molecule has 0 bridgehead atoms. The summed E-state index contributed by atoms with van der Waals surface area (Å²) in [4.78, 5) is 22.9. The molecule has 2 heterocycles. The van der Waals surface area contributed by atoms with Gasteiger partial charge in [-0.15, -0.1) is 0 Å². The molecule has 0 spiro atoms. The summed E-state index contributed by atoms with van der Waals surface area (Å²) in [5.74, 6) is -1.65. The van der Waals surface area contributed by atoms with E-state index in [9.17, 15) is 9.59 Å². The van der Waals surface area contributed by atoms with E-state index in [1.54, 1.807) is 17.9 Å². The quantitative estimate of drug-likeness (QED) is 0.731. The average Bonchev–Trinajstić information content (AvgIpc) is 3.03. The normalized spacial score (nSPS) is 10.4. The second-order valence-electron chi connectivity index (χ2n) is 4.25. The Hall–Kier alpha value is -2.64. The van der Waals surface area contributed by atoms with Gasteiger partial charge in [0.2, 0.25) is 0 Å². The molecule has 0 aliphatic rings. The van der Waals surface area contributed by atoms with Crippen molar-refractivity contribution in [2.75, 3.05) is 6.54 Å². The van der Waals surface area contributed by atoms with Gasteiger partial charge in [-0.05, 0) is 12.5 Å². The molecule has 0 atom stereocenters. The summed E-state index contributed by atoms with van der Waals surface area (Å²) in [7, 11) is 1.57. The van der Waals surface area contributed by atoms with Gasteiger partial charge in [-0.25, -0.2) is 4.79 Å². The molecule has 106 valence electrons. The fourth-order valence-corrected chi connectivity index (χ4v) is 1.77. The summed E-state index contributed by atoms with van der Waals surface area (Å²) >= 11 is 0. The van der Waals surface area contributed by atoms with Crippen LogP contribution in [0.5, 0.6) is 0 Å². The van der Waals surface area contributed by atoms with E-state index in [1.807, 2.05) is 12.3 Å². The van der Waals surface area contributed by atoms with Gasteiger partial charge in [0.05, 0.1) is 0 Å². The monoisotopic (exact) mass is 277 g/mol. The Morgan fingerprint density at radius 1 is 1.45 bits per heavy atom. The van der Waals surface area contributed by atoms with Crippen molar-refractivity contribution in [3.05, 3.63) is 35.9 Å². The predicted octanol–water partition coefficient (Wildman–Crippen LogP) is 0.135. The molecule has 8 heteroatoms. The van der Waals surface area contributed by atoms with Crippen LogP contribution in [0.1, 0.15) is 27.3 Å². The second-order valence-corrected chi connectivity index (χ2v) is 4.25. The fourth-order valence-electron chi connectivity index (χ4n) is 1.77. The Balaban J connectivity index is 1.87. The third-order valence-corrected chi connectivity index (χ3v) is 2.68. The molecule has 0 saturated carbocycles. The number of amides is 1. The SMILES string of the molecule is Cn1cc(C(=O)O)c(C(=O)NCCCn2cccn2)n1. The van der Waals surface area contributed by atoms with E-state index in [0.29, 0.717) is 19.5 Å². The molecule has 20 heavy (non-hydrogen) atoms. The van der Waals surface area contributed by atoms with Crippen molar-refractivity contribution in [1.82, 2.24) is 24.9 Å². The van der Waals surface area contributed by atoms with E-state index in [-0.39, 0.29) is 11.3 Å². The number of hydrogen-bond donors (Lipinski definition) is 2. The average molecular weight is 277 g/mol. The lowest BCUT2D eigenvalue weighted by Crippen LogP contribution is -2.27. The standard InChI is InChI=1S/C12H15N5O3/c1-16-8-9(12(19)20)10(15-16)11(18)13-4-2-6-17-7-3-5-14-17/h3,5,7-8H,2,4,6H2,1H3,(H,13,18)(H,19,20). The molecule has 0 radical (unpaired) electrons. The van der Waals surface area contributed by atoms with Crippen LogP contribution >= 0.6 is 0 Å². The molecule has 0 aromatic carbocycles. The number of rotatable bonds is 6. The maximum absolute atomic E-state index is 11.9. The number of carboxylic acid groups (broad SMARTS) is 1. The summed E-state index contributed by atoms with van der Waals surface area (Å²) in [5, 5.41) is 19.5. The number of hydrogen-bond acceptors (Lipinski definition) is 4. The molecule has 2 N–H and O–H groups in total. The summed E-state index contributed by atoms with van der Waals surface area (Å²) < 4.78 is 3.07. The maximum Gasteiger partial charge on any atom is 0.339 e. The van der Waals surface area contributed by atoms with E-state index in [4.69, 9.17) is 5.11 Å². The molecule has 0 aliphatic heterocycles. The first-order valence-electron chi connectivity index (χ1n) is 6.10. The minimum absolute atomic E-state index is 0.0703. The topological polar surface area (TPSA) is 102 Å². The Kier molecular flexibility index (Phi) is 4.14. The van der Waals surface area contributed by atoms with E-state index >= 15 is 0 Å². The highest BCUT2D eigenvalue weighted by Gasteiger charge is 2.20. The summed E-state index contributed by atoms with van der Waals surface area (Å²) in [6.45, 7) is 1.11. The van der Waals surface area contributed by atoms with Crippen molar-refractivity contribution in [3.63, 3.8) is 0 Å². The summed E-state index contributed by atoms with van der Waals surface area (Å²) in [6, 6.07) is 1.83. The number of carbonyl (C=O) groups is 2. The number of carboxylic acids is 1. The predicted molar refractivity (Wildman–Crippen MR) is 69.3 cm³/mol. The van der Waals surface area contributed by atoms with Crippen LogP contribution in [0.25, 0.3) is 0 Å². The van der Waals surface area contributed by atoms with Crippen LogP contribution in [0, 0.1) is 0 Å².